The van der Waals surface area contributed by atoms with E-state index in [4.69, 9.17) is 9.47 Å². The van der Waals surface area contributed by atoms with Gasteiger partial charge < -0.3 is 14.8 Å². The lowest BCUT2D eigenvalue weighted by atomic mass is 10.2. The number of ether oxygens (including phenoxy) is 2. The zero-order chi connectivity index (χ0) is 12.7. The van der Waals surface area contributed by atoms with Gasteiger partial charge in [-0.15, -0.1) is 0 Å². The van der Waals surface area contributed by atoms with Crippen molar-refractivity contribution in [3.63, 3.8) is 0 Å². The summed E-state index contributed by atoms with van der Waals surface area (Å²) in [7, 11) is 3.90. The van der Waals surface area contributed by atoms with E-state index in [9.17, 15) is 0 Å². The second-order valence-electron chi connectivity index (χ2n) is 5.01. The Hall–Kier alpha value is -0.160. The average Bonchev–Trinajstić information content (AvgIpc) is 2.74. The Labute approximate surface area is 106 Å². The van der Waals surface area contributed by atoms with Crippen LogP contribution in [0.5, 0.6) is 0 Å². The minimum Gasteiger partial charge on any atom is -0.383 e. The minimum atomic E-state index is 0.392. The Morgan fingerprint density at radius 1 is 1.41 bits per heavy atom. The summed E-state index contributed by atoms with van der Waals surface area (Å²) in [6.07, 6.45) is 3.17. The summed E-state index contributed by atoms with van der Waals surface area (Å²) in [5, 5.41) is 3.35. The Morgan fingerprint density at radius 2 is 2.12 bits per heavy atom. The molecule has 1 aliphatic heterocycles. The van der Waals surface area contributed by atoms with Gasteiger partial charge in [-0.3, -0.25) is 4.90 Å². The molecule has 0 spiro atoms. The van der Waals surface area contributed by atoms with E-state index in [0.29, 0.717) is 18.2 Å². The van der Waals surface area contributed by atoms with Gasteiger partial charge in [-0.25, -0.2) is 0 Å². The van der Waals surface area contributed by atoms with Gasteiger partial charge in [-0.2, -0.15) is 0 Å². The molecule has 102 valence electrons. The molecule has 1 rings (SSSR count). The molecule has 1 N–H and O–H groups in total. The van der Waals surface area contributed by atoms with Crippen LogP contribution in [0.4, 0.5) is 0 Å². The van der Waals surface area contributed by atoms with Gasteiger partial charge in [0.1, 0.15) is 0 Å². The second kappa shape index (κ2) is 8.03. The highest BCUT2D eigenvalue weighted by atomic mass is 16.5. The number of hydrogen-bond donors (Lipinski definition) is 1. The quantitative estimate of drug-likeness (QED) is 0.693. The summed E-state index contributed by atoms with van der Waals surface area (Å²) >= 11 is 0. The van der Waals surface area contributed by atoms with Crippen LogP contribution in [0.3, 0.4) is 0 Å². The van der Waals surface area contributed by atoms with E-state index in [0.717, 1.165) is 26.2 Å². The molecule has 3 unspecified atom stereocenters. The number of rotatable bonds is 8. The first-order valence-corrected chi connectivity index (χ1v) is 6.72. The van der Waals surface area contributed by atoms with Gasteiger partial charge in [0, 0.05) is 26.2 Å². The monoisotopic (exact) mass is 244 g/mol. The lowest BCUT2D eigenvalue weighted by molar-refractivity contribution is 0.0139. The van der Waals surface area contributed by atoms with Crippen LogP contribution in [0.2, 0.25) is 0 Å². The van der Waals surface area contributed by atoms with E-state index in [1.165, 1.54) is 12.8 Å². The van der Waals surface area contributed by atoms with Crippen LogP contribution in [0.1, 0.15) is 26.7 Å². The molecule has 1 heterocycles. The van der Waals surface area contributed by atoms with Crippen LogP contribution < -0.4 is 5.32 Å². The highest BCUT2D eigenvalue weighted by Gasteiger charge is 2.26. The molecule has 0 amide bonds. The van der Waals surface area contributed by atoms with Crippen molar-refractivity contribution >= 4 is 0 Å². The zero-order valence-corrected chi connectivity index (χ0v) is 11.7. The maximum absolute atomic E-state index is 6.02. The van der Waals surface area contributed by atoms with Crippen molar-refractivity contribution in [2.24, 2.45) is 0 Å². The van der Waals surface area contributed by atoms with Crippen molar-refractivity contribution in [1.82, 2.24) is 10.2 Å². The summed E-state index contributed by atoms with van der Waals surface area (Å²) in [5.74, 6) is 0. The van der Waals surface area contributed by atoms with E-state index < -0.39 is 0 Å². The molecule has 1 saturated heterocycles. The van der Waals surface area contributed by atoms with E-state index in [2.05, 4.69) is 31.1 Å². The van der Waals surface area contributed by atoms with Crippen molar-refractivity contribution in [3.05, 3.63) is 0 Å². The number of nitrogens with zero attached hydrogens (tertiary/aromatic N) is 1. The first-order valence-electron chi connectivity index (χ1n) is 6.72. The molecular formula is C13H28N2O2. The highest BCUT2D eigenvalue weighted by molar-refractivity contribution is 4.78. The van der Waals surface area contributed by atoms with Crippen LogP contribution >= 0.6 is 0 Å². The van der Waals surface area contributed by atoms with Gasteiger partial charge in [0.15, 0.2) is 0 Å². The third-order valence-corrected chi connectivity index (χ3v) is 3.47. The number of hydrogen-bond acceptors (Lipinski definition) is 4. The van der Waals surface area contributed by atoms with Crippen molar-refractivity contribution in [3.8, 4) is 0 Å². The summed E-state index contributed by atoms with van der Waals surface area (Å²) < 4.78 is 11.2. The molecule has 0 saturated carbocycles. The molecule has 0 aliphatic carbocycles. The van der Waals surface area contributed by atoms with Crippen LogP contribution in [0, 0.1) is 0 Å². The summed E-state index contributed by atoms with van der Waals surface area (Å²) in [6, 6.07) is 0.455. The second-order valence-corrected chi connectivity index (χ2v) is 5.01. The fourth-order valence-corrected chi connectivity index (χ4v) is 2.24. The average molecular weight is 244 g/mol. The predicted octanol–water partition coefficient (Wildman–Crippen LogP) is 1.11. The Kier molecular flexibility index (Phi) is 7.04. The van der Waals surface area contributed by atoms with E-state index in [1.54, 1.807) is 7.11 Å². The molecule has 0 radical (unpaired) electrons. The molecule has 4 nitrogen and oxygen atoms in total. The molecule has 0 bridgehead atoms. The SMILES string of the molecule is CCNCC1CCC(CN(C)C(C)COC)O1. The number of methoxy groups -OCH3 is 1. The molecule has 0 aromatic carbocycles. The predicted molar refractivity (Wildman–Crippen MR) is 70.4 cm³/mol. The fraction of sp³-hybridized carbons (Fsp3) is 1.00. The van der Waals surface area contributed by atoms with Crippen LogP contribution in [0.15, 0.2) is 0 Å². The topological polar surface area (TPSA) is 33.7 Å². The van der Waals surface area contributed by atoms with E-state index in [1.807, 2.05) is 0 Å². The Bertz CT molecular complexity index is 202. The lowest BCUT2D eigenvalue weighted by Crippen LogP contribution is -2.38. The van der Waals surface area contributed by atoms with Gasteiger partial charge in [0.2, 0.25) is 0 Å². The third kappa shape index (κ3) is 5.34. The van der Waals surface area contributed by atoms with Gasteiger partial charge in [-0.1, -0.05) is 6.92 Å². The summed E-state index contributed by atoms with van der Waals surface area (Å²) in [5.41, 5.74) is 0. The van der Waals surface area contributed by atoms with Crippen molar-refractivity contribution in [2.45, 2.75) is 44.9 Å². The molecule has 0 aromatic heterocycles. The van der Waals surface area contributed by atoms with E-state index in [-0.39, 0.29) is 0 Å². The number of likely N-dealkylation sites (N-methyl/N-ethyl adjacent to an activating group) is 2. The maximum Gasteiger partial charge on any atom is 0.0707 e. The molecule has 0 aromatic rings. The molecule has 3 atom stereocenters. The summed E-state index contributed by atoms with van der Waals surface area (Å²) in [4.78, 5) is 2.32. The van der Waals surface area contributed by atoms with Crippen LogP contribution in [-0.4, -0.2) is 63.5 Å². The molecule has 1 aliphatic rings. The molecule has 1 fully saturated rings. The Morgan fingerprint density at radius 3 is 2.76 bits per heavy atom. The smallest absolute Gasteiger partial charge is 0.0707 e. The largest absolute Gasteiger partial charge is 0.383 e. The van der Waals surface area contributed by atoms with Gasteiger partial charge in [0.25, 0.3) is 0 Å². The maximum atomic E-state index is 6.02. The van der Waals surface area contributed by atoms with Gasteiger partial charge >= 0.3 is 0 Å². The highest BCUT2D eigenvalue weighted by Crippen LogP contribution is 2.20. The lowest BCUT2D eigenvalue weighted by Gasteiger charge is -2.26. The van der Waals surface area contributed by atoms with Crippen molar-refractivity contribution in [2.75, 3.05) is 40.4 Å². The standard InChI is InChI=1S/C13H28N2O2/c1-5-14-8-12-6-7-13(17-12)9-15(3)11(2)10-16-4/h11-14H,5-10H2,1-4H3. The van der Waals surface area contributed by atoms with Crippen LogP contribution in [-0.2, 0) is 9.47 Å². The van der Waals surface area contributed by atoms with Crippen molar-refractivity contribution in [1.29, 1.82) is 0 Å². The molecule has 17 heavy (non-hydrogen) atoms. The third-order valence-electron chi connectivity index (χ3n) is 3.47. The van der Waals surface area contributed by atoms with Crippen LogP contribution in [0.25, 0.3) is 0 Å². The Balaban J connectivity index is 2.20. The molecular weight excluding hydrogens is 216 g/mol. The normalized spacial score (nSPS) is 26.6. The first-order chi connectivity index (χ1) is 8.17. The zero-order valence-electron chi connectivity index (χ0n) is 11.7. The fourth-order valence-electron chi connectivity index (χ4n) is 2.24. The minimum absolute atomic E-state index is 0.392. The van der Waals surface area contributed by atoms with Gasteiger partial charge in [0.05, 0.1) is 18.8 Å². The van der Waals surface area contributed by atoms with E-state index >= 15 is 0 Å². The summed E-state index contributed by atoms with van der Waals surface area (Å²) in [6.45, 7) is 8.12. The first kappa shape index (κ1) is 14.9. The van der Waals surface area contributed by atoms with Gasteiger partial charge in [-0.05, 0) is 33.4 Å². The molecule has 4 heteroatoms. The van der Waals surface area contributed by atoms with Crippen molar-refractivity contribution < 1.29 is 9.47 Å². The number of nitrogens with one attached hydrogen (secondary N) is 1.